The first-order valence-corrected chi connectivity index (χ1v) is 15.2. The van der Waals surface area contributed by atoms with Gasteiger partial charge in [0.25, 0.3) is 5.91 Å². The van der Waals surface area contributed by atoms with Crippen molar-refractivity contribution in [1.29, 1.82) is 0 Å². The van der Waals surface area contributed by atoms with Crippen LogP contribution in [0.3, 0.4) is 0 Å². The van der Waals surface area contributed by atoms with Crippen LogP contribution < -0.4 is 20.3 Å². The summed E-state index contributed by atoms with van der Waals surface area (Å²) in [5, 5.41) is 16.4. The van der Waals surface area contributed by atoms with Gasteiger partial charge in [0.1, 0.15) is 10.9 Å². The number of rotatable bonds is 10. The van der Waals surface area contributed by atoms with Crippen molar-refractivity contribution in [2.24, 2.45) is 0 Å². The summed E-state index contributed by atoms with van der Waals surface area (Å²) in [6, 6.07) is 6.55. The standard InChI is InChI=1S/C25H36N6O5S2/c1-17(2)21-22(37-25(28-21)31-12-8-18(9-13-31)30-14-10-26-11-15-30)23(32)27-16-20(24(33)34)29-38(35,36)19-6-4-3-5-7-19/h3-7,17-18,20,26,29H,8-16H2,1-2H3,(H,27,32)(H,33,34)/t20-/m0/s1. The summed E-state index contributed by atoms with van der Waals surface area (Å²) in [4.78, 5) is 34.9. The maximum absolute atomic E-state index is 13.1. The molecule has 38 heavy (non-hydrogen) atoms. The number of aromatic nitrogens is 1. The number of piperazine rings is 1. The van der Waals surface area contributed by atoms with Crippen LogP contribution in [-0.2, 0) is 14.8 Å². The van der Waals surface area contributed by atoms with E-state index in [0.29, 0.717) is 16.6 Å². The van der Waals surface area contributed by atoms with Gasteiger partial charge in [-0.15, -0.1) is 0 Å². The van der Waals surface area contributed by atoms with E-state index in [2.05, 4.69) is 25.2 Å². The number of piperidine rings is 1. The highest BCUT2D eigenvalue weighted by Crippen LogP contribution is 2.33. The Hall–Kier alpha value is -2.58. The molecule has 0 aliphatic carbocycles. The van der Waals surface area contributed by atoms with Crippen molar-refractivity contribution in [3.05, 3.63) is 40.9 Å². The lowest BCUT2D eigenvalue weighted by Crippen LogP contribution is -2.52. The van der Waals surface area contributed by atoms with Gasteiger partial charge in [0.2, 0.25) is 10.0 Å². The Kier molecular flexibility index (Phi) is 9.36. The van der Waals surface area contributed by atoms with E-state index in [0.717, 1.165) is 57.2 Å². The number of carboxylic acids is 1. The zero-order valence-corrected chi connectivity index (χ0v) is 23.4. The SMILES string of the molecule is CC(C)c1nc(N2CCC(N3CCNCC3)CC2)sc1C(=O)NC[C@H](NS(=O)(=O)c1ccccc1)C(=O)O. The summed E-state index contributed by atoms with van der Waals surface area (Å²) in [7, 11) is -4.07. The van der Waals surface area contributed by atoms with Crippen LogP contribution in [0.1, 0.15) is 48.0 Å². The van der Waals surface area contributed by atoms with Gasteiger partial charge in [-0.25, -0.2) is 13.4 Å². The maximum atomic E-state index is 13.1. The molecule has 4 rings (SSSR count). The Bertz CT molecular complexity index is 1210. The third kappa shape index (κ3) is 6.89. The fourth-order valence-electron chi connectivity index (χ4n) is 4.79. The van der Waals surface area contributed by atoms with Gasteiger partial charge in [-0.1, -0.05) is 43.4 Å². The van der Waals surface area contributed by atoms with Gasteiger partial charge in [-0.2, -0.15) is 4.72 Å². The van der Waals surface area contributed by atoms with Gasteiger partial charge >= 0.3 is 5.97 Å². The number of nitrogens with zero attached hydrogens (tertiary/aromatic N) is 3. The third-order valence-corrected chi connectivity index (χ3v) is 9.53. The molecule has 2 aliphatic heterocycles. The number of hydrogen-bond donors (Lipinski definition) is 4. The van der Waals surface area contributed by atoms with Crippen molar-refractivity contribution >= 4 is 38.4 Å². The number of carbonyl (C=O) groups is 2. The van der Waals surface area contributed by atoms with Crippen molar-refractivity contribution in [3.8, 4) is 0 Å². The largest absolute Gasteiger partial charge is 0.480 e. The Morgan fingerprint density at radius 2 is 1.79 bits per heavy atom. The first-order chi connectivity index (χ1) is 18.2. The van der Waals surface area contributed by atoms with E-state index in [-0.39, 0.29) is 10.8 Å². The summed E-state index contributed by atoms with van der Waals surface area (Å²) < 4.78 is 27.4. The molecule has 1 atom stereocenters. The van der Waals surface area contributed by atoms with E-state index in [4.69, 9.17) is 4.98 Å². The molecule has 2 aliphatic rings. The summed E-state index contributed by atoms with van der Waals surface area (Å²) in [6.07, 6.45) is 2.08. The first kappa shape index (κ1) is 28.4. The van der Waals surface area contributed by atoms with Crippen LogP contribution in [0.25, 0.3) is 0 Å². The van der Waals surface area contributed by atoms with Crippen LogP contribution in [0.2, 0.25) is 0 Å². The minimum atomic E-state index is -4.07. The van der Waals surface area contributed by atoms with Gasteiger partial charge in [0.05, 0.1) is 10.6 Å². The predicted molar refractivity (Wildman–Crippen MR) is 146 cm³/mol. The average molecular weight is 565 g/mol. The number of aliphatic carboxylic acids is 1. The summed E-state index contributed by atoms with van der Waals surface area (Å²) in [5.41, 5.74) is 0.656. The van der Waals surface area contributed by atoms with Gasteiger partial charge in [0.15, 0.2) is 5.13 Å². The molecule has 2 aromatic rings. The molecular weight excluding hydrogens is 528 g/mol. The van der Waals surface area contributed by atoms with E-state index >= 15 is 0 Å². The van der Waals surface area contributed by atoms with E-state index in [9.17, 15) is 23.1 Å². The molecule has 0 unspecified atom stereocenters. The summed E-state index contributed by atoms with van der Waals surface area (Å²) >= 11 is 1.30. The average Bonchev–Trinajstić information content (AvgIpc) is 3.38. The molecule has 0 radical (unpaired) electrons. The zero-order chi connectivity index (χ0) is 27.3. The topological polar surface area (TPSA) is 144 Å². The van der Waals surface area contributed by atoms with E-state index in [1.54, 1.807) is 18.2 Å². The molecule has 1 aromatic carbocycles. The summed E-state index contributed by atoms with van der Waals surface area (Å²) in [5.74, 6) is -1.85. The minimum Gasteiger partial charge on any atom is -0.480 e. The molecule has 0 saturated carbocycles. The van der Waals surface area contributed by atoms with Crippen LogP contribution >= 0.6 is 11.3 Å². The monoisotopic (exact) mass is 564 g/mol. The molecule has 4 N–H and O–H groups in total. The second-order valence-electron chi connectivity index (χ2n) is 9.90. The van der Waals surface area contributed by atoms with Crippen LogP contribution in [-0.4, -0.2) is 93.2 Å². The van der Waals surface area contributed by atoms with Crippen LogP contribution in [0.15, 0.2) is 35.2 Å². The zero-order valence-electron chi connectivity index (χ0n) is 21.7. The highest BCUT2D eigenvalue weighted by molar-refractivity contribution is 7.89. The normalized spacial score (nSPS) is 18.4. The van der Waals surface area contributed by atoms with Crippen molar-refractivity contribution in [3.63, 3.8) is 0 Å². The molecule has 208 valence electrons. The Morgan fingerprint density at radius 1 is 1.13 bits per heavy atom. The molecular formula is C25H36N6O5S2. The van der Waals surface area contributed by atoms with E-state index in [1.807, 2.05) is 13.8 Å². The molecule has 11 nitrogen and oxygen atoms in total. The number of benzene rings is 1. The number of nitrogens with one attached hydrogen (secondary N) is 3. The Labute approximate surface area is 227 Å². The molecule has 1 amide bonds. The lowest BCUT2D eigenvalue weighted by atomic mass is 10.0. The number of anilines is 1. The van der Waals surface area contributed by atoms with Crippen LogP contribution in [0.4, 0.5) is 5.13 Å². The predicted octanol–water partition coefficient (Wildman–Crippen LogP) is 1.30. The van der Waals surface area contributed by atoms with Gasteiger partial charge in [0, 0.05) is 51.9 Å². The number of amides is 1. The molecule has 3 heterocycles. The lowest BCUT2D eigenvalue weighted by Gasteiger charge is -2.40. The van der Waals surface area contributed by atoms with Gasteiger partial charge < -0.3 is 20.6 Å². The van der Waals surface area contributed by atoms with Crippen molar-refractivity contribution in [1.82, 2.24) is 25.2 Å². The quantitative estimate of drug-likeness (QED) is 0.336. The van der Waals surface area contributed by atoms with Gasteiger partial charge in [-0.05, 0) is 30.9 Å². The minimum absolute atomic E-state index is 0.00834. The Morgan fingerprint density at radius 3 is 2.39 bits per heavy atom. The Balaban J connectivity index is 1.40. The third-order valence-electron chi connectivity index (χ3n) is 6.91. The number of thiazole rings is 1. The van der Waals surface area contributed by atoms with E-state index < -0.39 is 34.5 Å². The second kappa shape index (κ2) is 12.5. The van der Waals surface area contributed by atoms with Crippen molar-refractivity contribution < 1.29 is 23.1 Å². The fourth-order valence-corrected chi connectivity index (χ4v) is 7.19. The van der Waals surface area contributed by atoms with Crippen LogP contribution in [0, 0.1) is 0 Å². The summed E-state index contributed by atoms with van der Waals surface area (Å²) in [6.45, 7) is 9.44. The van der Waals surface area contributed by atoms with Crippen molar-refractivity contribution in [2.75, 3.05) is 50.7 Å². The number of carboxylic acid groups (broad SMARTS) is 1. The molecule has 0 bridgehead atoms. The molecule has 0 spiro atoms. The smallest absolute Gasteiger partial charge is 0.323 e. The van der Waals surface area contributed by atoms with Crippen molar-refractivity contribution in [2.45, 2.75) is 49.6 Å². The fraction of sp³-hybridized carbons (Fsp3) is 0.560. The number of carbonyl (C=O) groups excluding carboxylic acids is 1. The lowest BCUT2D eigenvalue weighted by molar-refractivity contribution is -0.138. The second-order valence-corrected chi connectivity index (χ2v) is 12.6. The van der Waals surface area contributed by atoms with Gasteiger partial charge in [-0.3, -0.25) is 14.5 Å². The molecule has 2 saturated heterocycles. The maximum Gasteiger partial charge on any atom is 0.323 e. The van der Waals surface area contributed by atoms with Crippen LogP contribution in [0.5, 0.6) is 0 Å². The number of sulfonamides is 1. The highest BCUT2D eigenvalue weighted by Gasteiger charge is 2.30. The van der Waals surface area contributed by atoms with E-state index in [1.165, 1.54) is 23.5 Å². The highest BCUT2D eigenvalue weighted by atomic mass is 32.2. The molecule has 2 fully saturated rings. The molecule has 13 heteroatoms. The molecule has 1 aromatic heterocycles. The number of hydrogen-bond acceptors (Lipinski definition) is 9. The first-order valence-electron chi connectivity index (χ1n) is 12.9.